The van der Waals surface area contributed by atoms with Gasteiger partial charge < -0.3 is 10.1 Å². The summed E-state index contributed by atoms with van der Waals surface area (Å²) < 4.78 is 31.5. The van der Waals surface area contributed by atoms with Gasteiger partial charge in [-0.25, -0.2) is 8.78 Å². The summed E-state index contributed by atoms with van der Waals surface area (Å²) in [4.78, 5) is 0. The number of hydrogen-bond acceptors (Lipinski definition) is 2. The number of benzene rings is 1. The second-order valence-corrected chi connectivity index (χ2v) is 3.02. The third-order valence-corrected chi connectivity index (χ3v) is 2.15. The topological polar surface area (TPSA) is 21.3 Å². The standard InChI is InChI=1S/C10H13F2NO/c1-6(13-2)10-8(11)4-7(14-3)5-9(10)12/h4-6,13H,1-3H3. The molecule has 78 valence electrons. The summed E-state index contributed by atoms with van der Waals surface area (Å²) >= 11 is 0. The Balaban J connectivity index is 3.18. The fraction of sp³-hybridized carbons (Fsp3) is 0.400. The molecular formula is C10H13F2NO. The molecule has 0 spiro atoms. The first kappa shape index (κ1) is 10.9. The lowest BCUT2D eigenvalue weighted by atomic mass is 10.1. The van der Waals surface area contributed by atoms with Gasteiger partial charge in [0.1, 0.15) is 17.4 Å². The van der Waals surface area contributed by atoms with E-state index in [1.807, 2.05) is 0 Å². The maximum atomic E-state index is 13.4. The summed E-state index contributed by atoms with van der Waals surface area (Å²) in [6, 6.07) is 1.99. The van der Waals surface area contributed by atoms with Crippen molar-refractivity contribution in [1.29, 1.82) is 0 Å². The Hall–Kier alpha value is -1.16. The van der Waals surface area contributed by atoms with Crippen LogP contribution in [0.25, 0.3) is 0 Å². The summed E-state index contributed by atoms with van der Waals surface area (Å²) in [7, 11) is 3.02. The zero-order valence-corrected chi connectivity index (χ0v) is 8.40. The first-order chi connectivity index (χ1) is 6.60. The van der Waals surface area contributed by atoms with E-state index < -0.39 is 11.6 Å². The molecule has 0 aromatic heterocycles. The Labute approximate surface area is 81.9 Å². The van der Waals surface area contributed by atoms with Gasteiger partial charge in [0.2, 0.25) is 0 Å². The summed E-state index contributed by atoms with van der Waals surface area (Å²) in [5.74, 6) is -1.00. The number of halogens is 2. The second-order valence-electron chi connectivity index (χ2n) is 3.02. The van der Waals surface area contributed by atoms with Crippen molar-refractivity contribution < 1.29 is 13.5 Å². The molecule has 1 atom stereocenters. The van der Waals surface area contributed by atoms with Gasteiger partial charge in [0.25, 0.3) is 0 Å². The zero-order chi connectivity index (χ0) is 10.7. The van der Waals surface area contributed by atoms with E-state index in [-0.39, 0.29) is 17.4 Å². The van der Waals surface area contributed by atoms with Crippen LogP contribution in [0, 0.1) is 11.6 Å². The van der Waals surface area contributed by atoms with Gasteiger partial charge in [-0.05, 0) is 14.0 Å². The number of rotatable bonds is 3. The fourth-order valence-electron chi connectivity index (χ4n) is 1.24. The van der Waals surface area contributed by atoms with Crippen molar-refractivity contribution >= 4 is 0 Å². The molecule has 0 bridgehead atoms. The van der Waals surface area contributed by atoms with Crippen LogP contribution in [-0.4, -0.2) is 14.2 Å². The lowest BCUT2D eigenvalue weighted by molar-refractivity contribution is 0.403. The maximum Gasteiger partial charge on any atom is 0.134 e. The van der Waals surface area contributed by atoms with Crippen molar-refractivity contribution in [3.05, 3.63) is 29.3 Å². The Bertz CT molecular complexity index is 305. The smallest absolute Gasteiger partial charge is 0.134 e. The first-order valence-corrected chi connectivity index (χ1v) is 4.30. The molecule has 1 N–H and O–H groups in total. The minimum absolute atomic E-state index is 0.0355. The van der Waals surface area contributed by atoms with E-state index in [4.69, 9.17) is 4.74 Å². The molecule has 0 aliphatic rings. The van der Waals surface area contributed by atoms with Crippen LogP contribution in [0.1, 0.15) is 18.5 Å². The number of ether oxygens (including phenoxy) is 1. The number of hydrogen-bond donors (Lipinski definition) is 1. The summed E-state index contributed by atoms with van der Waals surface area (Å²) in [5, 5.41) is 2.78. The van der Waals surface area contributed by atoms with Crippen LogP contribution >= 0.6 is 0 Å². The summed E-state index contributed by atoms with van der Waals surface area (Å²) in [6.45, 7) is 1.69. The molecule has 0 aliphatic carbocycles. The SMILES string of the molecule is CNC(C)c1c(F)cc(OC)cc1F. The molecule has 0 saturated heterocycles. The van der Waals surface area contributed by atoms with E-state index in [1.165, 1.54) is 19.2 Å². The number of methoxy groups -OCH3 is 1. The second kappa shape index (κ2) is 4.37. The Kier molecular flexibility index (Phi) is 3.41. The highest BCUT2D eigenvalue weighted by Gasteiger charge is 2.16. The third kappa shape index (κ3) is 2.01. The van der Waals surface area contributed by atoms with Gasteiger partial charge >= 0.3 is 0 Å². The molecule has 4 heteroatoms. The molecule has 1 rings (SSSR count). The molecule has 14 heavy (non-hydrogen) atoms. The summed E-state index contributed by atoms with van der Waals surface area (Å²) in [6.07, 6.45) is 0. The molecule has 1 aromatic carbocycles. The van der Waals surface area contributed by atoms with Gasteiger partial charge in [-0.15, -0.1) is 0 Å². The van der Waals surface area contributed by atoms with E-state index in [0.29, 0.717) is 0 Å². The van der Waals surface area contributed by atoms with Crippen molar-refractivity contribution in [3.8, 4) is 5.75 Å². The maximum absolute atomic E-state index is 13.4. The first-order valence-electron chi connectivity index (χ1n) is 4.30. The highest BCUT2D eigenvalue weighted by Crippen LogP contribution is 2.25. The molecule has 0 heterocycles. The van der Waals surface area contributed by atoms with Gasteiger partial charge in [0.05, 0.1) is 7.11 Å². The normalized spacial score (nSPS) is 12.6. The van der Waals surface area contributed by atoms with Crippen LogP contribution in [0.15, 0.2) is 12.1 Å². The highest BCUT2D eigenvalue weighted by atomic mass is 19.1. The van der Waals surface area contributed by atoms with Crippen LogP contribution in [0.2, 0.25) is 0 Å². The van der Waals surface area contributed by atoms with Crippen LogP contribution in [0.3, 0.4) is 0 Å². The molecule has 2 nitrogen and oxygen atoms in total. The van der Waals surface area contributed by atoms with Crippen molar-refractivity contribution in [2.24, 2.45) is 0 Å². The van der Waals surface area contributed by atoms with Crippen molar-refractivity contribution in [1.82, 2.24) is 5.32 Å². The van der Waals surface area contributed by atoms with Crippen LogP contribution in [0.5, 0.6) is 5.75 Å². The zero-order valence-electron chi connectivity index (χ0n) is 8.40. The minimum Gasteiger partial charge on any atom is -0.497 e. The predicted octanol–water partition coefficient (Wildman–Crippen LogP) is 2.25. The van der Waals surface area contributed by atoms with E-state index >= 15 is 0 Å². The van der Waals surface area contributed by atoms with Crippen molar-refractivity contribution in [2.75, 3.05) is 14.2 Å². The van der Waals surface area contributed by atoms with E-state index in [0.717, 1.165) is 0 Å². The molecule has 0 saturated carbocycles. The largest absolute Gasteiger partial charge is 0.497 e. The minimum atomic E-state index is -0.594. The fourth-order valence-corrected chi connectivity index (χ4v) is 1.24. The number of nitrogens with one attached hydrogen (secondary N) is 1. The quantitative estimate of drug-likeness (QED) is 0.809. The van der Waals surface area contributed by atoms with Gasteiger partial charge in [-0.3, -0.25) is 0 Å². The lowest BCUT2D eigenvalue weighted by Crippen LogP contribution is -2.15. The average molecular weight is 201 g/mol. The van der Waals surface area contributed by atoms with Gasteiger partial charge in [0, 0.05) is 23.7 Å². The molecule has 1 aromatic rings. The Morgan fingerprint density at radius 1 is 1.29 bits per heavy atom. The molecule has 0 aliphatic heterocycles. The van der Waals surface area contributed by atoms with Crippen molar-refractivity contribution in [2.45, 2.75) is 13.0 Å². The molecule has 0 radical (unpaired) electrons. The molecule has 1 unspecified atom stereocenters. The molecule has 0 fully saturated rings. The van der Waals surface area contributed by atoms with Gasteiger partial charge in [-0.1, -0.05) is 0 Å². The van der Waals surface area contributed by atoms with Gasteiger partial charge in [-0.2, -0.15) is 0 Å². The molecule has 0 amide bonds. The van der Waals surface area contributed by atoms with Crippen LogP contribution in [-0.2, 0) is 0 Å². The van der Waals surface area contributed by atoms with Gasteiger partial charge in [0.15, 0.2) is 0 Å². The third-order valence-electron chi connectivity index (χ3n) is 2.15. The lowest BCUT2D eigenvalue weighted by Gasteiger charge is -2.13. The van der Waals surface area contributed by atoms with Crippen LogP contribution < -0.4 is 10.1 Å². The van der Waals surface area contributed by atoms with Crippen LogP contribution in [0.4, 0.5) is 8.78 Å². The Morgan fingerprint density at radius 2 is 1.79 bits per heavy atom. The highest BCUT2D eigenvalue weighted by molar-refractivity contribution is 5.32. The Morgan fingerprint density at radius 3 is 2.14 bits per heavy atom. The van der Waals surface area contributed by atoms with E-state index in [1.54, 1.807) is 14.0 Å². The average Bonchev–Trinajstić information content (AvgIpc) is 2.16. The molecular weight excluding hydrogens is 188 g/mol. The summed E-state index contributed by atoms with van der Waals surface area (Å²) in [5.41, 5.74) is 0.0355. The predicted molar refractivity (Wildman–Crippen MR) is 50.4 cm³/mol. The van der Waals surface area contributed by atoms with Crippen molar-refractivity contribution in [3.63, 3.8) is 0 Å². The monoisotopic (exact) mass is 201 g/mol. The van der Waals surface area contributed by atoms with E-state index in [2.05, 4.69) is 5.32 Å². The van der Waals surface area contributed by atoms with E-state index in [9.17, 15) is 8.78 Å².